The Hall–Kier alpha value is -0.610. The highest BCUT2D eigenvalue weighted by atomic mass is 16.3. The third-order valence-corrected chi connectivity index (χ3v) is 1.73. The van der Waals surface area contributed by atoms with Crippen LogP contribution in [-0.4, -0.2) is 41.1 Å². The Morgan fingerprint density at radius 2 is 2.55 bits per heavy atom. The summed E-state index contributed by atoms with van der Waals surface area (Å²) < 4.78 is 0. The number of carbonyl (C=O) groups excluding carboxylic acids is 1. The number of nitrogens with two attached hydrogens (primary N) is 1. The number of hydrogen-bond acceptors (Lipinski definition) is 3. The smallest absolute Gasteiger partial charge is 0.224 e. The van der Waals surface area contributed by atoms with Crippen LogP contribution in [0.3, 0.4) is 0 Å². The molecule has 11 heavy (non-hydrogen) atoms. The molecule has 0 bridgehead atoms. The highest BCUT2D eigenvalue weighted by molar-refractivity contribution is 5.79. The summed E-state index contributed by atoms with van der Waals surface area (Å²) in [5.74, 6) is 0.0541. The van der Waals surface area contributed by atoms with E-state index in [2.05, 4.69) is 0 Å². The first-order chi connectivity index (χ1) is 5.09. The molecule has 0 aromatic rings. The average molecular weight is 158 g/mol. The van der Waals surface area contributed by atoms with Crippen LogP contribution in [0.2, 0.25) is 0 Å². The molecule has 0 spiro atoms. The van der Waals surface area contributed by atoms with Crippen molar-refractivity contribution in [2.75, 3.05) is 13.1 Å². The van der Waals surface area contributed by atoms with Gasteiger partial charge in [0.25, 0.3) is 0 Å². The van der Waals surface area contributed by atoms with Gasteiger partial charge in [-0.05, 0) is 6.92 Å². The Morgan fingerprint density at radius 1 is 1.91 bits per heavy atom. The molecule has 3 N–H and O–H groups in total. The quantitative estimate of drug-likeness (QED) is 0.537. The van der Waals surface area contributed by atoms with Crippen molar-refractivity contribution in [3.8, 4) is 0 Å². The zero-order valence-corrected chi connectivity index (χ0v) is 6.66. The van der Waals surface area contributed by atoms with Crippen LogP contribution < -0.4 is 5.73 Å². The van der Waals surface area contributed by atoms with Crippen molar-refractivity contribution in [1.82, 2.24) is 4.90 Å². The van der Waals surface area contributed by atoms with Crippen LogP contribution >= 0.6 is 0 Å². The molecule has 4 heteroatoms. The predicted molar refractivity (Wildman–Crippen MR) is 40.9 cm³/mol. The molecule has 2 atom stereocenters. The van der Waals surface area contributed by atoms with Gasteiger partial charge in [-0.1, -0.05) is 0 Å². The minimum Gasteiger partial charge on any atom is -0.392 e. The fraction of sp³-hybridized carbons (Fsp3) is 0.857. The van der Waals surface area contributed by atoms with E-state index >= 15 is 0 Å². The summed E-state index contributed by atoms with van der Waals surface area (Å²) in [4.78, 5) is 12.7. The van der Waals surface area contributed by atoms with Crippen molar-refractivity contribution in [2.45, 2.75) is 25.5 Å². The van der Waals surface area contributed by atoms with Crippen LogP contribution in [0.15, 0.2) is 0 Å². The van der Waals surface area contributed by atoms with Crippen LogP contribution in [0.1, 0.15) is 13.3 Å². The van der Waals surface area contributed by atoms with Crippen molar-refractivity contribution >= 4 is 5.91 Å². The molecule has 1 amide bonds. The van der Waals surface area contributed by atoms with E-state index < -0.39 is 6.10 Å². The summed E-state index contributed by atoms with van der Waals surface area (Å²) >= 11 is 0. The summed E-state index contributed by atoms with van der Waals surface area (Å²) in [7, 11) is 0. The number of β-amino-alcohol motifs (C(OH)–C–C–N with tert-alkyl or cyclic N) is 1. The summed E-state index contributed by atoms with van der Waals surface area (Å²) in [5.41, 5.74) is 5.55. The molecule has 64 valence electrons. The standard InChI is InChI=1S/C7H14N2O2/c1-5(10)3-9-4-6(8)2-7(9)11/h5-6,10H,2-4,8H2,1H3/t5-,6?/m0/s1. The topological polar surface area (TPSA) is 66.6 Å². The maximum Gasteiger partial charge on any atom is 0.224 e. The highest BCUT2D eigenvalue weighted by Gasteiger charge is 2.27. The normalized spacial score (nSPS) is 27.7. The Bertz CT molecular complexity index is 159. The van der Waals surface area contributed by atoms with Crippen LogP contribution in [0.4, 0.5) is 0 Å². The predicted octanol–water partition coefficient (Wildman–Crippen LogP) is -1.07. The second-order valence-electron chi connectivity index (χ2n) is 3.11. The van der Waals surface area contributed by atoms with E-state index in [1.807, 2.05) is 0 Å². The summed E-state index contributed by atoms with van der Waals surface area (Å²) in [6, 6.07) is -0.0405. The number of likely N-dealkylation sites (tertiary alicyclic amines) is 1. The summed E-state index contributed by atoms with van der Waals surface area (Å²) in [5, 5.41) is 8.98. The maximum atomic E-state index is 11.1. The van der Waals surface area contributed by atoms with Crippen LogP contribution in [0.5, 0.6) is 0 Å². The number of carbonyl (C=O) groups is 1. The number of rotatable bonds is 2. The van der Waals surface area contributed by atoms with Crippen molar-refractivity contribution in [2.24, 2.45) is 5.73 Å². The van der Waals surface area contributed by atoms with Crippen molar-refractivity contribution in [3.05, 3.63) is 0 Å². The molecule has 0 aromatic carbocycles. The first-order valence-electron chi connectivity index (χ1n) is 3.81. The second-order valence-corrected chi connectivity index (χ2v) is 3.11. The number of nitrogens with zero attached hydrogens (tertiary/aromatic N) is 1. The molecule has 1 unspecified atom stereocenters. The lowest BCUT2D eigenvalue weighted by molar-refractivity contribution is -0.128. The third-order valence-electron chi connectivity index (χ3n) is 1.73. The van der Waals surface area contributed by atoms with E-state index in [1.165, 1.54) is 0 Å². The maximum absolute atomic E-state index is 11.1. The van der Waals surface area contributed by atoms with Gasteiger partial charge in [0, 0.05) is 25.6 Å². The van der Waals surface area contributed by atoms with E-state index in [1.54, 1.807) is 11.8 Å². The fourth-order valence-electron chi connectivity index (χ4n) is 1.30. The zero-order chi connectivity index (χ0) is 8.43. The van der Waals surface area contributed by atoms with Crippen molar-refractivity contribution in [1.29, 1.82) is 0 Å². The Kier molecular flexibility index (Phi) is 2.46. The Balaban J connectivity index is 2.41. The van der Waals surface area contributed by atoms with Gasteiger partial charge in [-0.25, -0.2) is 0 Å². The lowest BCUT2D eigenvalue weighted by atomic mass is 10.3. The largest absolute Gasteiger partial charge is 0.392 e. The van der Waals surface area contributed by atoms with Gasteiger partial charge in [-0.2, -0.15) is 0 Å². The highest BCUT2D eigenvalue weighted by Crippen LogP contribution is 2.08. The Morgan fingerprint density at radius 3 is 2.91 bits per heavy atom. The van der Waals surface area contributed by atoms with Gasteiger partial charge in [-0.3, -0.25) is 4.79 Å². The molecule has 1 rings (SSSR count). The van der Waals surface area contributed by atoms with Gasteiger partial charge in [0.15, 0.2) is 0 Å². The lowest BCUT2D eigenvalue weighted by Gasteiger charge is -2.17. The van der Waals surface area contributed by atoms with Crippen LogP contribution in [0.25, 0.3) is 0 Å². The summed E-state index contributed by atoms with van der Waals surface area (Å²) in [6.07, 6.45) is -0.0311. The van der Waals surface area contributed by atoms with Gasteiger partial charge in [0.2, 0.25) is 5.91 Å². The first kappa shape index (κ1) is 8.49. The molecule has 1 saturated heterocycles. The number of amides is 1. The molecule has 4 nitrogen and oxygen atoms in total. The minimum absolute atomic E-state index is 0.0405. The molecule has 0 radical (unpaired) electrons. The van der Waals surface area contributed by atoms with Gasteiger partial charge in [0.1, 0.15) is 0 Å². The van der Waals surface area contributed by atoms with Gasteiger partial charge >= 0.3 is 0 Å². The number of aliphatic hydroxyl groups excluding tert-OH is 1. The minimum atomic E-state index is -0.454. The molecule has 0 saturated carbocycles. The molecule has 1 heterocycles. The Labute approximate surface area is 66.0 Å². The molecule has 0 aromatic heterocycles. The van der Waals surface area contributed by atoms with E-state index in [0.29, 0.717) is 19.5 Å². The van der Waals surface area contributed by atoms with E-state index in [-0.39, 0.29) is 11.9 Å². The van der Waals surface area contributed by atoms with E-state index in [0.717, 1.165) is 0 Å². The second kappa shape index (κ2) is 3.19. The molecular weight excluding hydrogens is 144 g/mol. The van der Waals surface area contributed by atoms with Crippen LogP contribution in [0, 0.1) is 0 Å². The molecule has 0 aliphatic carbocycles. The van der Waals surface area contributed by atoms with E-state index in [4.69, 9.17) is 10.8 Å². The van der Waals surface area contributed by atoms with Gasteiger partial charge in [-0.15, -0.1) is 0 Å². The third kappa shape index (κ3) is 2.17. The lowest BCUT2D eigenvalue weighted by Crippen LogP contribution is -2.33. The first-order valence-corrected chi connectivity index (χ1v) is 3.81. The average Bonchev–Trinajstić information content (AvgIpc) is 2.09. The molecule has 1 aliphatic heterocycles. The fourth-order valence-corrected chi connectivity index (χ4v) is 1.30. The van der Waals surface area contributed by atoms with Crippen molar-refractivity contribution in [3.63, 3.8) is 0 Å². The van der Waals surface area contributed by atoms with Crippen LogP contribution in [-0.2, 0) is 4.79 Å². The number of aliphatic hydroxyl groups is 1. The van der Waals surface area contributed by atoms with Gasteiger partial charge in [0.05, 0.1) is 6.10 Å². The summed E-state index contributed by atoms with van der Waals surface area (Å²) in [6.45, 7) is 2.66. The SMILES string of the molecule is C[C@H](O)CN1CC(N)CC1=O. The molecular formula is C7H14N2O2. The van der Waals surface area contributed by atoms with E-state index in [9.17, 15) is 4.79 Å². The monoisotopic (exact) mass is 158 g/mol. The van der Waals surface area contributed by atoms with Crippen molar-refractivity contribution < 1.29 is 9.90 Å². The van der Waals surface area contributed by atoms with Gasteiger partial charge < -0.3 is 15.7 Å². The zero-order valence-electron chi connectivity index (χ0n) is 6.66. The number of hydrogen-bond donors (Lipinski definition) is 2. The molecule has 1 aliphatic rings. The molecule has 1 fully saturated rings.